The van der Waals surface area contributed by atoms with Crippen molar-refractivity contribution in [2.24, 2.45) is 5.73 Å². The second-order valence-electron chi connectivity index (χ2n) is 2.97. The van der Waals surface area contributed by atoms with E-state index in [0.29, 0.717) is 6.07 Å². The first-order chi connectivity index (χ1) is 8.28. The van der Waals surface area contributed by atoms with Gasteiger partial charge in [0.05, 0.1) is 18.1 Å². The van der Waals surface area contributed by atoms with E-state index in [0.717, 1.165) is 7.11 Å². The molecule has 0 radical (unpaired) electrons. The number of nitro groups is 1. The fraction of sp³-hybridized carbons (Fsp3) is 0.375. The molecule has 7 nitrogen and oxygen atoms in total. The van der Waals surface area contributed by atoms with Gasteiger partial charge in [0, 0.05) is 6.54 Å². The van der Waals surface area contributed by atoms with Gasteiger partial charge >= 0.3 is 12.0 Å². The van der Waals surface area contributed by atoms with Gasteiger partial charge in [-0.3, -0.25) is 10.1 Å². The smallest absolute Gasteiger partial charge is 0.490 e. The van der Waals surface area contributed by atoms with E-state index in [1.54, 1.807) is 0 Å². The van der Waals surface area contributed by atoms with Gasteiger partial charge in [-0.15, -0.1) is 13.2 Å². The molecule has 0 fully saturated rings. The second kappa shape index (κ2) is 5.04. The summed E-state index contributed by atoms with van der Waals surface area (Å²) in [5.41, 5.74) is 4.23. The third-order valence-electron chi connectivity index (χ3n) is 1.82. The third kappa shape index (κ3) is 3.20. The molecule has 0 saturated heterocycles. The monoisotopic (exact) mass is 267 g/mol. The van der Waals surface area contributed by atoms with Gasteiger partial charge in [0.25, 0.3) is 0 Å². The van der Waals surface area contributed by atoms with Crippen LogP contribution in [-0.4, -0.2) is 23.4 Å². The number of halogens is 3. The van der Waals surface area contributed by atoms with Crippen molar-refractivity contribution in [2.45, 2.75) is 12.9 Å². The molecule has 18 heavy (non-hydrogen) atoms. The van der Waals surface area contributed by atoms with Crippen molar-refractivity contribution < 1.29 is 27.6 Å². The number of hydrogen-bond donors (Lipinski definition) is 1. The van der Waals surface area contributed by atoms with E-state index >= 15 is 0 Å². The Labute approximate surface area is 98.5 Å². The van der Waals surface area contributed by atoms with Crippen LogP contribution in [0.5, 0.6) is 11.6 Å². The number of hydrogen-bond acceptors (Lipinski definition) is 6. The summed E-state index contributed by atoms with van der Waals surface area (Å²) in [6, 6.07) is 0.671. The lowest BCUT2D eigenvalue weighted by Crippen LogP contribution is -2.19. The number of nitrogens with two attached hydrogens (primary N) is 1. The summed E-state index contributed by atoms with van der Waals surface area (Å²) in [5, 5.41) is 10.7. The van der Waals surface area contributed by atoms with Crippen LogP contribution in [0, 0.1) is 10.1 Å². The third-order valence-corrected chi connectivity index (χ3v) is 1.82. The van der Waals surface area contributed by atoms with Gasteiger partial charge in [-0.1, -0.05) is 0 Å². The highest BCUT2D eigenvalue weighted by Crippen LogP contribution is 2.34. The first kappa shape index (κ1) is 14.0. The molecule has 0 aliphatic carbocycles. The maximum atomic E-state index is 12.0. The van der Waals surface area contributed by atoms with Crippen LogP contribution >= 0.6 is 0 Å². The zero-order valence-corrected chi connectivity index (χ0v) is 9.02. The Morgan fingerprint density at radius 3 is 2.56 bits per heavy atom. The molecule has 0 unspecified atom stereocenters. The van der Waals surface area contributed by atoms with Crippen molar-refractivity contribution in [2.75, 3.05) is 7.11 Å². The standard InChI is InChI=1S/C8H8F3N3O4/c1-17-5-2-6(18-8(9,10)11)13-4(3-12)7(5)14(15)16/h2H,3,12H2,1H3. The lowest BCUT2D eigenvalue weighted by molar-refractivity contribution is -0.386. The van der Waals surface area contributed by atoms with Crippen LogP contribution in [-0.2, 0) is 6.54 Å². The molecule has 0 aromatic carbocycles. The molecule has 0 aliphatic heterocycles. The van der Waals surface area contributed by atoms with Gasteiger partial charge in [0.15, 0.2) is 0 Å². The van der Waals surface area contributed by atoms with Crippen molar-refractivity contribution in [1.29, 1.82) is 0 Å². The van der Waals surface area contributed by atoms with Crippen LogP contribution in [0.1, 0.15) is 5.69 Å². The van der Waals surface area contributed by atoms with Crippen molar-refractivity contribution in [1.82, 2.24) is 4.98 Å². The Morgan fingerprint density at radius 1 is 1.56 bits per heavy atom. The Hall–Kier alpha value is -2.10. The first-order valence-electron chi connectivity index (χ1n) is 4.46. The Bertz CT molecular complexity index is 438. The topological polar surface area (TPSA) is 101 Å². The first-order valence-corrected chi connectivity index (χ1v) is 4.46. The van der Waals surface area contributed by atoms with Gasteiger partial charge in [0.1, 0.15) is 5.69 Å². The van der Waals surface area contributed by atoms with Crippen molar-refractivity contribution in [3.05, 3.63) is 21.9 Å². The van der Waals surface area contributed by atoms with E-state index in [2.05, 4.69) is 14.5 Å². The minimum absolute atomic E-state index is 0.362. The molecule has 0 amide bonds. The van der Waals surface area contributed by atoms with Crippen molar-refractivity contribution in [3.8, 4) is 11.6 Å². The van der Waals surface area contributed by atoms with E-state index in [1.807, 2.05) is 0 Å². The van der Waals surface area contributed by atoms with Crippen LogP contribution in [0.2, 0.25) is 0 Å². The zero-order chi connectivity index (χ0) is 13.9. The van der Waals surface area contributed by atoms with E-state index in [1.165, 1.54) is 0 Å². The van der Waals surface area contributed by atoms with Gasteiger partial charge in [-0.05, 0) is 0 Å². The average Bonchev–Trinajstić information content (AvgIpc) is 2.24. The van der Waals surface area contributed by atoms with Crippen LogP contribution in [0.25, 0.3) is 0 Å². The Kier molecular flexibility index (Phi) is 3.91. The number of methoxy groups -OCH3 is 1. The van der Waals surface area contributed by atoms with Crippen molar-refractivity contribution >= 4 is 5.69 Å². The molecular weight excluding hydrogens is 259 g/mol. The minimum Gasteiger partial charge on any atom is -0.490 e. The zero-order valence-electron chi connectivity index (χ0n) is 9.02. The second-order valence-corrected chi connectivity index (χ2v) is 2.97. The summed E-state index contributed by atoms with van der Waals surface area (Å²) in [4.78, 5) is 13.2. The number of nitrogens with zero attached hydrogens (tertiary/aromatic N) is 2. The molecule has 0 bridgehead atoms. The molecular formula is C8H8F3N3O4. The molecule has 0 aliphatic rings. The Morgan fingerprint density at radius 2 is 2.17 bits per heavy atom. The van der Waals surface area contributed by atoms with Gasteiger partial charge < -0.3 is 15.2 Å². The molecule has 100 valence electrons. The molecule has 0 saturated carbocycles. The number of rotatable bonds is 4. The number of alkyl halides is 3. The predicted octanol–water partition coefficient (Wildman–Crippen LogP) is 1.36. The highest BCUT2D eigenvalue weighted by molar-refractivity contribution is 5.52. The maximum absolute atomic E-state index is 12.0. The number of pyridine rings is 1. The number of ether oxygens (including phenoxy) is 2. The van der Waals surface area contributed by atoms with Crippen LogP contribution in [0.4, 0.5) is 18.9 Å². The molecule has 0 spiro atoms. The summed E-state index contributed by atoms with van der Waals surface area (Å²) in [6.07, 6.45) is -4.96. The molecule has 2 N–H and O–H groups in total. The van der Waals surface area contributed by atoms with E-state index in [4.69, 9.17) is 5.73 Å². The van der Waals surface area contributed by atoms with Crippen LogP contribution in [0.15, 0.2) is 6.07 Å². The molecule has 1 rings (SSSR count). The number of aromatic nitrogens is 1. The van der Waals surface area contributed by atoms with Gasteiger partial charge in [-0.25, -0.2) is 4.98 Å². The van der Waals surface area contributed by atoms with E-state index in [9.17, 15) is 23.3 Å². The Balaban J connectivity index is 3.30. The molecule has 1 heterocycles. The summed E-state index contributed by atoms with van der Waals surface area (Å²) in [6.45, 7) is -0.429. The van der Waals surface area contributed by atoms with Crippen LogP contribution < -0.4 is 15.2 Å². The molecule has 1 aromatic heterocycles. The lowest BCUT2D eigenvalue weighted by Gasteiger charge is -2.11. The highest BCUT2D eigenvalue weighted by Gasteiger charge is 2.33. The van der Waals surface area contributed by atoms with Gasteiger partial charge in [-0.2, -0.15) is 0 Å². The maximum Gasteiger partial charge on any atom is 0.574 e. The molecule has 10 heteroatoms. The van der Waals surface area contributed by atoms with Crippen LogP contribution in [0.3, 0.4) is 0 Å². The fourth-order valence-electron chi connectivity index (χ4n) is 1.21. The summed E-state index contributed by atoms with van der Waals surface area (Å²) >= 11 is 0. The van der Waals surface area contributed by atoms with Crippen molar-refractivity contribution in [3.63, 3.8) is 0 Å². The summed E-state index contributed by atoms with van der Waals surface area (Å²) in [5.74, 6) is -1.28. The predicted molar refractivity (Wildman–Crippen MR) is 52.0 cm³/mol. The highest BCUT2D eigenvalue weighted by atomic mass is 19.4. The average molecular weight is 267 g/mol. The summed E-state index contributed by atoms with van der Waals surface area (Å²) in [7, 11) is 1.07. The van der Waals surface area contributed by atoms with Gasteiger partial charge in [0.2, 0.25) is 11.6 Å². The lowest BCUT2D eigenvalue weighted by atomic mass is 10.2. The quantitative estimate of drug-likeness (QED) is 0.652. The molecule has 1 aromatic rings. The SMILES string of the molecule is COc1cc(OC(F)(F)F)nc(CN)c1[N+](=O)[O-]. The van der Waals surface area contributed by atoms with E-state index in [-0.39, 0.29) is 5.69 Å². The molecule has 0 atom stereocenters. The largest absolute Gasteiger partial charge is 0.574 e. The summed E-state index contributed by atoms with van der Waals surface area (Å²) < 4.78 is 44.2. The fourth-order valence-corrected chi connectivity index (χ4v) is 1.21. The minimum atomic E-state index is -4.96. The normalized spacial score (nSPS) is 11.2. The van der Waals surface area contributed by atoms with E-state index < -0.39 is 35.1 Å².